The molecule has 2 N–H and O–H groups in total. The third-order valence-electron chi connectivity index (χ3n) is 1.90. The van der Waals surface area contributed by atoms with E-state index in [0.717, 1.165) is 5.69 Å². The summed E-state index contributed by atoms with van der Waals surface area (Å²) in [6.07, 6.45) is -0.382. The lowest BCUT2D eigenvalue weighted by Crippen LogP contribution is -2.34. The Morgan fingerprint density at radius 3 is 2.41 bits per heavy atom. The Hall–Kier alpha value is -1.71. The first kappa shape index (κ1) is 13.4. The van der Waals surface area contributed by atoms with Crippen molar-refractivity contribution < 1.29 is 9.53 Å². The van der Waals surface area contributed by atoms with Crippen LogP contribution < -0.4 is 10.6 Å². The van der Waals surface area contributed by atoms with Crippen molar-refractivity contribution in [2.75, 3.05) is 18.4 Å². The summed E-state index contributed by atoms with van der Waals surface area (Å²) >= 11 is 0. The van der Waals surface area contributed by atoms with Gasteiger partial charge in [0.15, 0.2) is 0 Å². The fraction of sp³-hybridized carbons (Fsp3) is 0.462. The van der Waals surface area contributed by atoms with Crippen molar-refractivity contribution in [3.05, 3.63) is 30.3 Å². The van der Waals surface area contributed by atoms with Gasteiger partial charge in [-0.3, -0.25) is 0 Å². The van der Waals surface area contributed by atoms with Crippen LogP contribution in [-0.2, 0) is 4.74 Å². The lowest BCUT2D eigenvalue weighted by Gasteiger charge is -2.19. The molecule has 0 bridgehead atoms. The van der Waals surface area contributed by atoms with Crippen molar-refractivity contribution in [2.45, 2.75) is 26.4 Å². The van der Waals surface area contributed by atoms with Crippen LogP contribution in [0.15, 0.2) is 30.3 Å². The molecule has 4 nitrogen and oxygen atoms in total. The van der Waals surface area contributed by atoms with Crippen LogP contribution in [0.1, 0.15) is 20.8 Å². The minimum atomic E-state index is -0.447. The third-order valence-corrected chi connectivity index (χ3v) is 1.90. The average Bonchev–Trinajstić information content (AvgIpc) is 2.23. The van der Waals surface area contributed by atoms with Crippen LogP contribution in [0.5, 0.6) is 0 Å². The zero-order valence-electron chi connectivity index (χ0n) is 10.6. The molecular formula is C13H20N2O2. The quantitative estimate of drug-likeness (QED) is 0.790. The molecule has 0 aliphatic heterocycles. The molecule has 1 amide bonds. The second kappa shape index (κ2) is 6.13. The van der Waals surface area contributed by atoms with E-state index in [-0.39, 0.29) is 6.09 Å². The maximum Gasteiger partial charge on any atom is 0.407 e. The van der Waals surface area contributed by atoms with Gasteiger partial charge < -0.3 is 15.4 Å². The van der Waals surface area contributed by atoms with Gasteiger partial charge >= 0.3 is 6.09 Å². The van der Waals surface area contributed by atoms with Crippen LogP contribution in [0.25, 0.3) is 0 Å². The Kier molecular flexibility index (Phi) is 4.82. The molecule has 1 aromatic rings. The van der Waals surface area contributed by atoms with Crippen molar-refractivity contribution in [1.29, 1.82) is 0 Å². The van der Waals surface area contributed by atoms with Gasteiger partial charge in [-0.2, -0.15) is 0 Å². The standard InChI is InChI=1S/C13H20N2O2/c1-13(2,3)17-12(16)15-10-9-14-11-7-5-4-6-8-11/h4-8,14H,9-10H2,1-3H3,(H,15,16). The topological polar surface area (TPSA) is 50.4 Å². The number of anilines is 1. The molecule has 0 aromatic heterocycles. The molecule has 0 spiro atoms. The van der Waals surface area contributed by atoms with E-state index in [1.54, 1.807) is 0 Å². The van der Waals surface area contributed by atoms with E-state index in [1.807, 2.05) is 51.1 Å². The highest BCUT2D eigenvalue weighted by Gasteiger charge is 2.15. The molecule has 0 unspecified atom stereocenters. The smallest absolute Gasteiger partial charge is 0.407 e. The third kappa shape index (κ3) is 6.45. The largest absolute Gasteiger partial charge is 0.444 e. The van der Waals surface area contributed by atoms with Crippen molar-refractivity contribution in [2.24, 2.45) is 0 Å². The Morgan fingerprint density at radius 1 is 1.18 bits per heavy atom. The van der Waals surface area contributed by atoms with Gasteiger partial charge in [0.05, 0.1) is 0 Å². The average molecular weight is 236 g/mol. The first-order valence-corrected chi connectivity index (χ1v) is 5.73. The lowest BCUT2D eigenvalue weighted by molar-refractivity contribution is 0.0530. The first-order valence-electron chi connectivity index (χ1n) is 5.73. The number of benzene rings is 1. The van der Waals surface area contributed by atoms with Crippen LogP contribution in [0.2, 0.25) is 0 Å². The van der Waals surface area contributed by atoms with Gasteiger partial charge in [-0.25, -0.2) is 4.79 Å². The minimum Gasteiger partial charge on any atom is -0.444 e. The molecule has 1 aromatic carbocycles. The molecule has 17 heavy (non-hydrogen) atoms. The predicted molar refractivity (Wildman–Crippen MR) is 69.2 cm³/mol. The number of para-hydroxylation sites is 1. The van der Waals surface area contributed by atoms with E-state index in [9.17, 15) is 4.79 Å². The fourth-order valence-electron chi connectivity index (χ4n) is 1.24. The van der Waals surface area contributed by atoms with Gasteiger partial charge in [0.25, 0.3) is 0 Å². The Labute approximate surface area is 102 Å². The monoisotopic (exact) mass is 236 g/mol. The van der Waals surface area contributed by atoms with E-state index in [0.29, 0.717) is 13.1 Å². The van der Waals surface area contributed by atoms with E-state index in [1.165, 1.54) is 0 Å². The van der Waals surface area contributed by atoms with Gasteiger partial charge in [0.2, 0.25) is 0 Å². The summed E-state index contributed by atoms with van der Waals surface area (Å²) in [7, 11) is 0. The number of carbonyl (C=O) groups excluding carboxylic acids is 1. The lowest BCUT2D eigenvalue weighted by atomic mass is 10.2. The van der Waals surface area contributed by atoms with Crippen molar-refractivity contribution in [3.8, 4) is 0 Å². The van der Waals surface area contributed by atoms with Gasteiger partial charge in [0, 0.05) is 18.8 Å². The van der Waals surface area contributed by atoms with Gasteiger partial charge in [-0.15, -0.1) is 0 Å². The molecule has 0 aliphatic rings. The number of rotatable bonds is 4. The van der Waals surface area contributed by atoms with E-state index in [2.05, 4.69) is 10.6 Å². The first-order chi connectivity index (χ1) is 7.97. The van der Waals surface area contributed by atoms with Gasteiger partial charge in [0.1, 0.15) is 5.60 Å². The van der Waals surface area contributed by atoms with Crippen LogP contribution in [0.3, 0.4) is 0 Å². The highest BCUT2D eigenvalue weighted by molar-refractivity contribution is 5.67. The molecule has 4 heteroatoms. The summed E-state index contributed by atoms with van der Waals surface area (Å²) in [5.41, 5.74) is 0.593. The molecule has 0 atom stereocenters. The Morgan fingerprint density at radius 2 is 1.82 bits per heavy atom. The fourth-order valence-corrected chi connectivity index (χ4v) is 1.24. The SMILES string of the molecule is CC(C)(C)OC(=O)NCCNc1ccccc1. The normalized spacial score (nSPS) is 10.8. The number of amides is 1. The maximum atomic E-state index is 11.3. The van der Waals surface area contributed by atoms with Crippen molar-refractivity contribution >= 4 is 11.8 Å². The van der Waals surface area contributed by atoms with Crippen LogP contribution in [0, 0.1) is 0 Å². The summed E-state index contributed by atoms with van der Waals surface area (Å²) in [5.74, 6) is 0. The number of alkyl carbamates (subject to hydrolysis) is 1. The predicted octanol–water partition coefficient (Wildman–Crippen LogP) is 2.62. The second-order valence-corrected chi connectivity index (χ2v) is 4.72. The van der Waals surface area contributed by atoms with Crippen molar-refractivity contribution in [3.63, 3.8) is 0 Å². The maximum absolute atomic E-state index is 11.3. The molecule has 0 aliphatic carbocycles. The molecule has 0 heterocycles. The van der Waals surface area contributed by atoms with E-state index in [4.69, 9.17) is 4.74 Å². The molecule has 0 fully saturated rings. The molecule has 0 radical (unpaired) electrons. The zero-order chi connectivity index (χ0) is 12.7. The molecule has 0 saturated carbocycles. The highest BCUT2D eigenvalue weighted by atomic mass is 16.6. The van der Waals surface area contributed by atoms with Crippen LogP contribution >= 0.6 is 0 Å². The Bertz CT molecular complexity index is 344. The van der Waals surface area contributed by atoms with Crippen LogP contribution in [-0.4, -0.2) is 24.8 Å². The van der Waals surface area contributed by atoms with Gasteiger partial charge in [-0.1, -0.05) is 18.2 Å². The van der Waals surface area contributed by atoms with Gasteiger partial charge in [-0.05, 0) is 32.9 Å². The highest BCUT2D eigenvalue weighted by Crippen LogP contribution is 2.06. The van der Waals surface area contributed by atoms with Crippen LogP contribution in [0.4, 0.5) is 10.5 Å². The number of hydrogen-bond donors (Lipinski definition) is 2. The zero-order valence-corrected chi connectivity index (χ0v) is 10.6. The van der Waals surface area contributed by atoms with Crippen molar-refractivity contribution in [1.82, 2.24) is 5.32 Å². The van der Waals surface area contributed by atoms with E-state index < -0.39 is 5.60 Å². The molecule has 1 rings (SSSR count). The summed E-state index contributed by atoms with van der Waals surface area (Å²) in [6, 6.07) is 9.85. The summed E-state index contributed by atoms with van der Waals surface area (Å²) < 4.78 is 5.11. The van der Waals surface area contributed by atoms with E-state index >= 15 is 0 Å². The summed E-state index contributed by atoms with van der Waals surface area (Å²) in [4.78, 5) is 11.3. The second-order valence-electron chi connectivity index (χ2n) is 4.72. The minimum absolute atomic E-state index is 0.382. The number of carbonyl (C=O) groups is 1. The number of nitrogens with one attached hydrogen (secondary N) is 2. The Balaban J connectivity index is 2.14. The summed E-state index contributed by atoms with van der Waals surface area (Å²) in [5, 5.41) is 5.88. The number of ether oxygens (including phenoxy) is 1. The molecular weight excluding hydrogens is 216 g/mol. The summed E-state index contributed by atoms with van der Waals surface area (Å²) in [6.45, 7) is 6.73. The number of hydrogen-bond acceptors (Lipinski definition) is 3. The molecule has 0 saturated heterocycles. The molecule has 94 valence electrons.